The van der Waals surface area contributed by atoms with Crippen molar-refractivity contribution in [3.05, 3.63) is 36.2 Å². The molecule has 2 aromatic rings. The number of amides is 1. The number of nitrogens with one attached hydrogen (secondary N) is 1. The van der Waals surface area contributed by atoms with Crippen LogP contribution in [0.2, 0.25) is 0 Å². The van der Waals surface area contributed by atoms with E-state index >= 15 is 0 Å². The summed E-state index contributed by atoms with van der Waals surface area (Å²) < 4.78 is 1.71. The predicted molar refractivity (Wildman–Crippen MR) is 71.1 cm³/mol. The quantitative estimate of drug-likeness (QED) is 0.773. The molecule has 8 heteroatoms. The Hall–Kier alpha value is -2.35. The summed E-state index contributed by atoms with van der Waals surface area (Å²) in [6.07, 6.45) is 1.55. The number of aryl methyl sites for hydroxylation is 1. The molecule has 104 valence electrons. The van der Waals surface area contributed by atoms with Crippen LogP contribution in [0.5, 0.6) is 0 Å². The number of carbonyl (C=O) groups excluding carboxylic acids is 2. The second-order valence-electron chi connectivity index (χ2n) is 3.93. The van der Waals surface area contributed by atoms with Crippen LogP contribution in [0, 0.1) is 0 Å². The third-order valence-corrected chi connectivity index (χ3v) is 3.44. The van der Waals surface area contributed by atoms with Gasteiger partial charge in [0, 0.05) is 12.7 Å². The lowest BCUT2D eigenvalue weighted by Gasteiger charge is -2.06. The Morgan fingerprint density at radius 2 is 2.05 bits per heavy atom. The summed E-state index contributed by atoms with van der Waals surface area (Å²) in [7, 11) is 1.79. The Morgan fingerprint density at radius 3 is 2.60 bits per heavy atom. The fourth-order valence-electron chi connectivity index (χ4n) is 1.42. The zero-order valence-corrected chi connectivity index (χ0v) is 11.4. The number of hydrogen-bond donors (Lipinski definition) is 1. The molecule has 1 heterocycles. The van der Waals surface area contributed by atoms with E-state index in [-0.39, 0.29) is 17.2 Å². The van der Waals surface area contributed by atoms with Crippen LogP contribution in [0.25, 0.3) is 0 Å². The van der Waals surface area contributed by atoms with Gasteiger partial charge in [0.2, 0.25) is 5.91 Å². The fourth-order valence-corrected chi connectivity index (χ4v) is 2.11. The maximum atomic E-state index is 11.7. The number of aromatic nitrogens is 3. The van der Waals surface area contributed by atoms with E-state index in [4.69, 9.17) is 0 Å². The molecule has 0 radical (unpaired) electrons. The lowest BCUT2D eigenvalue weighted by molar-refractivity contribution is -0.255. The van der Waals surface area contributed by atoms with Gasteiger partial charge in [-0.15, -0.1) is 10.2 Å². The van der Waals surface area contributed by atoms with Gasteiger partial charge in [-0.25, -0.2) is 0 Å². The second kappa shape index (κ2) is 6.20. The zero-order chi connectivity index (χ0) is 14.5. The van der Waals surface area contributed by atoms with Crippen molar-refractivity contribution in [2.24, 2.45) is 7.05 Å². The average molecular weight is 291 g/mol. The van der Waals surface area contributed by atoms with E-state index in [1.165, 1.54) is 36.0 Å². The Kier molecular flexibility index (Phi) is 4.36. The molecule has 0 saturated carbocycles. The van der Waals surface area contributed by atoms with E-state index in [1.807, 2.05) is 0 Å². The van der Waals surface area contributed by atoms with Gasteiger partial charge in [-0.1, -0.05) is 23.9 Å². The molecule has 0 bridgehead atoms. The molecule has 0 spiro atoms. The van der Waals surface area contributed by atoms with Crippen molar-refractivity contribution < 1.29 is 14.7 Å². The van der Waals surface area contributed by atoms with Gasteiger partial charge >= 0.3 is 0 Å². The number of hydrogen-bond acceptors (Lipinski definition) is 6. The van der Waals surface area contributed by atoms with Gasteiger partial charge in [0.1, 0.15) is 6.33 Å². The third kappa shape index (κ3) is 3.58. The molecule has 2 rings (SSSR count). The SMILES string of the molecule is Cn1cnnc1SCC(=O)Nc1ccc(C(=O)[O-])cc1. The Labute approximate surface area is 119 Å². The Bertz CT molecular complexity index is 624. The van der Waals surface area contributed by atoms with Crippen molar-refractivity contribution in [3.63, 3.8) is 0 Å². The van der Waals surface area contributed by atoms with Crippen LogP contribution in [0.15, 0.2) is 35.7 Å². The summed E-state index contributed by atoms with van der Waals surface area (Å²) in [5.41, 5.74) is 0.593. The van der Waals surface area contributed by atoms with Crippen LogP contribution in [0.3, 0.4) is 0 Å². The van der Waals surface area contributed by atoms with Crippen molar-refractivity contribution in [3.8, 4) is 0 Å². The van der Waals surface area contributed by atoms with Gasteiger partial charge in [0.05, 0.1) is 11.7 Å². The van der Waals surface area contributed by atoms with Gasteiger partial charge in [-0.05, 0) is 17.7 Å². The van der Waals surface area contributed by atoms with E-state index in [0.29, 0.717) is 10.8 Å². The molecule has 0 aliphatic carbocycles. The molecule has 0 unspecified atom stereocenters. The molecule has 0 aliphatic heterocycles. The first-order valence-corrected chi connectivity index (χ1v) is 6.63. The van der Waals surface area contributed by atoms with Crippen LogP contribution in [0.1, 0.15) is 10.4 Å². The minimum Gasteiger partial charge on any atom is -0.545 e. The van der Waals surface area contributed by atoms with Crippen molar-refractivity contribution in [2.45, 2.75) is 5.16 Å². The van der Waals surface area contributed by atoms with E-state index in [1.54, 1.807) is 17.9 Å². The maximum Gasteiger partial charge on any atom is 0.234 e. The van der Waals surface area contributed by atoms with Crippen LogP contribution in [-0.4, -0.2) is 32.4 Å². The molecule has 20 heavy (non-hydrogen) atoms. The third-order valence-electron chi connectivity index (χ3n) is 2.41. The minimum absolute atomic E-state index is 0.0662. The number of aromatic carboxylic acids is 1. The number of carboxylic acid groups (broad SMARTS) is 1. The maximum absolute atomic E-state index is 11.7. The van der Waals surface area contributed by atoms with Gasteiger partial charge in [-0.3, -0.25) is 4.79 Å². The summed E-state index contributed by atoms with van der Waals surface area (Å²) in [6, 6.07) is 5.77. The first kappa shape index (κ1) is 14.1. The molecule has 0 saturated heterocycles. The molecule has 7 nitrogen and oxygen atoms in total. The van der Waals surface area contributed by atoms with Gasteiger partial charge < -0.3 is 19.8 Å². The fraction of sp³-hybridized carbons (Fsp3) is 0.167. The molecule has 0 aliphatic rings. The first-order chi connectivity index (χ1) is 9.56. The smallest absolute Gasteiger partial charge is 0.234 e. The molecule has 1 aromatic carbocycles. The van der Waals surface area contributed by atoms with Crippen LogP contribution in [0.4, 0.5) is 5.69 Å². The van der Waals surface area contributed by atoms with Crippen molar-refractivity contribution >= 4 is 29.3 Å². The normalized spacial score (nSPS) is 10.2. The van der Waals surface area contributed by atoms with Crippen LogP contribution < -0.4 is 10.4 Å². The Balaban J connectivity index is 1.88. The summed E-state index contributed by atoms with van der Waals surface area (Å²) in [5.74, 6) is -1.27. The number of nitrogens with zero attached hydrogens (tertiary/aromatic N) is 3. The zero-order valence-electron chi connectivity index (χ0n) is 10.6. The van der Waals surface area contributed by atoms with E-state index in [9.17, 15) is 14.7 Å². The highest BCUT2D eigenvalue weighted by Gasteiger charge is 2.07. The van der Waals surface area contributed by atoms with E-state index < -0.39 is 5.97 Å². The minimum atomic E-state index is -1.25. The topological polar surface area (TPSA) is 99.9 Å². The standard InChI is InChI=1S/C12H12N4O3S/c1-16-7-13-15-12(16)20-6-10(17)14-9-4-2-8(3-5-9)11(18)19/h2-5,7H,6H2,1H3,(H,14,17)(H,18,19)/p-1. The highest BCUT2D eigenvalue weighted by molar-refractivity contribution is 7.99. The first-order valence-electron chi connectivity index (χ1n) is 5.64. The van der Waals surface area contributed by atoms with Gasteiger partial charge in [-0.2, -0.15) is 0 Å². The largest absolute Gasteiger partial charge is 0.545 e. The highest BCUT2D eigenvalue weighted by Crippen LogP contribution is 2.14. The summed E-state index contributed by atoms with van der Waals surface area (Å²) in [6.45, 7) is 0. The lowest BCUT2D eigenvalue weighted by atomic mass is 10.2. The summed E-state index contributed by atoms with van der Waals surface area (Å²) in [4.78, 5) is 22.3. The number of thioether (sulfide) groups is 1. The number of benzene rings is 1. The summed E-state index contributed by atoms with van der Waals surface area (Å²) in [5, 5.41) is 21.4. The molecule has 0 fully saturated rings. The van der Waals surface area contributed by atoms with Gasteiger partial charge in [0.15, 0.2) is 5.16 Å². The van der Waals surface area contributed by atoms with Crippen molar-refractivity contribution in [1.29, 1.82) is 0 Å². The predicted octanol–water partition coefficient (Wildman–Crippen LogP) is -0.0906. The van der Waals surface area contributed by atoms with Gasteiger partial charge in [0.25, 0.3) is 0 Å². The Morgan fingerprint density at radius 1 is 1.35 bits per heavy atom. The van der Waals surface area contributed by atoms with Crippen LogP contribution in [-0.2, 0) is 11.8 Å². The van der Waals surface area contributed by atoms with E-state index in [0.717, 1.165) is 0 Å². The number of rotatable bonds is 5. The average Bonchev–Trinajstić information content (AvgIpc) is 2.82. The molecular weight excluding hydrogens is 280 g/mol. The molecule has 1 aromatic heterocycles. The second-order valence-corrected chi connectivity index (χ2v) is 4.87. The molecular formula is C12H11N4O3S-. The lowest BCUT2D eigenvalue weighted by Crippen LogP contribution is -2.22. The van der Waals surface area contributed by atoms with Crippen molar-refractivity contribution in [2.75, 3.05) is 11.1 Å². The number of anilines is 1. The molecule has 0 atom stereocenters. The number of carboxylic acids is 1. The summed E-state index contributed by atoms with van der Waals surface area (Å²) >= 11 is 1.26. The van der Waals surface area contributed by atoms with Crippen molar-refractivity contribution in [1.82, 2.24) is 14.8 Å². The van der Waals surface area contributed by atoms with Crippen LogP contribution >= 0.6 is 11.8 Å². The monoisotopic (exact) mass is 291 g/mol. The van der Waals surface area contributed by atoms with E-state index in [2.05, 4.69) is 15.5 Å². The molecule has 1 amide bonds. The molecule has 1 N–H and O–H groups in total. The number of carbonyl (C=O) groups is 2. The highest BCUT2D eigenvalue weighted by atomic mass is 32.2.